The molecule has 4 nitrogen and oxygen atoms in total. The molecule has 0 aliphatic heterocycles. The lowest BCUT2D eigenvalue weighted by molar-refractivity contribution is 0.668. The first-order valence-electron chi connectivity index (χ1n) is 16.9. The Morgan fingerprint density at radius 2 is 0.900 bits per heavy atom. The highest BCUT2D eigenvalue weighted by Crippen LogP contribution is 2.42. The van der Waals surface area contributed by atoms with Crippen molar-refractivity contribution in [3.8, 4) is 5.69 Å². The number of furan rings is 2. The number of benzene rings is 8. The molecule has 0 aliphatic rings. The fraction of sp³-hybridized carbons (Fsp3) is 0. The molecule has 0 fully saturated rings. The molecular formula is C46H28N2O2. The Hall–Kier alpha value is -6.78. The maximum Gasteiger partial charge on any atom is 0.137 e. The van der Waals surface area contributed by atoms with Gasteiger partial charge in [0.05, 0.1) is 11.0 Å². The number of anilines is 3. The number of rotatable bonds is 4. The molecule has 11 rings (SSSR count). The van der Waals surface area contributed by atoms with E-state index >= 15 is 0 Å². The van der Waals surface area contributed by atoms with Crippen molar-refractivity contribution >= 4 is 93.5 Å². The SMILES string of the molecule is c1ccc(N(c2ccc3c(c2)oc2cc4cc5c(cc4cc23)oc2ccccc25)c2ccc3c(c2)c2ccccc2n3-c2ccccc2)cc1. The van der Waals surface area contributed by atoms with Gasteiger partial charge in [-0.15, -0.1) is 0 Å². The van der Waals surface area contributed by atoms with Gasteiger partial charge in [-0.25, -0.2) is 0 Å². The fourth-order valence-corrected chi connectivity index (χ4v) is 7.85. The van der Waals surface area contributed by atoms with Crippen LogP contribution in [0.2, 0.25) is 0 Å². The van der Waals surface area contributed by atoms with Gasteiger partial charge in [0.25, 0.3) is 0 Å². The van der Waals surface area contributed by atoms with E-state index in [1.165, 1.54) is 21.8 Å². The van der Waals surface area contributed by atoms with E-state index in [1.54, 1.807) is 0 Å². The number of nitrogens with zero attached hydrogens (tertiary/aromatic N) is 2. The Bertz CT molecular complexity index is 3100. The average Bonchev–Trinajstić information content (AvgIpc) is 3.82. The third kappa shape index (κ3) is 3.99. The standard InChI is InChI=1S/C46H28N2O2/c1-3-11-31(12-4-1)47(33-20-22-42-38(27-33)35-15-7-9-17-41(35)48(42)32-13-5-2-6-14-32)34-19-21-37-40-24-30-25-44-39(36-16-8-10-18-43(36)49-44)23-29(30)26-45(40)50-46(37)28-34/h1-28H. The highest BCUT2D eigenvalue weighted by molar-refractivity contribution is 6.15. The summed E-state index contributed by atoms with van der Waals surface area (Å²) in [4.78, 5) is 2.32. The van der Waals surface area contributed by atoms with Crippen LogP contribution in [0.4, 0.5) is 17.1 Å². The minimum atomic E-state index is 0.852. The second kappa shape index (κ2) is 10.4. The average molecular weight is 641 g/mol. The molecule has 8 aromatic carbocycles. The summed E-state index contributed by atoms with van der Waals surface area (Å²) in [7, 11) is 0. The van der Waals surface area contributed by atoms with E-state index in [0.29, 0.717) is 0 Å². The Labute approximate surface area is 286 Å². The van der Waals surface area contributed by atoms with Crippen molar-refractivity contribution in [1.82, 2.24) is 4.57 Å². The molecule has 0 bridgehead atoms. The molecule has 3 heterocycles. The quantitative estimate of drug-likeness (QED) is 0.192. The molecule has 50 heavy (non-hydrogen) atoms. The Morgan fingerprint density at radius 1 is 0.340 bits per heavy atom. The van der Waals surface area contributed by atoms with Crippen molar-refractivity contribution in [2.75, 3.05) is 4.90 Å². The van der Waals surface area contributed by atoms with Gasteiger partial charge in [-0.05, 0) is 102 Å². The number of para-hydroxylation sites is 4. The second-order valence-electron chi connectivity index (χ2n) is 13.0. The van der Waals surface area contributed by atoms with Gasteiger partial charge in [0.2, 0.25) is 0 Å². The van der Waals surface area contributed by atoms with E-state index in [4.69, 9.17) is 8.83 Å². The van der Waals surface area contributed by atoms with Gasteiger partial charge >= 0.3 is 0 Å². The van der Waals surface area contributed by atoms with Crippen LogP contribution < -0.4 is 4.90 Å². The second-order valence-corrected chi connectivity index (χ2v) is 13.0. The zero-order valence-corrected chi connectivity index (χ0v) is 26.9. The van der Waals surface area contributed by atoms with E-state index in [-0.39, 0.29) is 0 Å². The number of fused-ring (bicyclic) bond motifs is 10. The zero-order valence-electron chi connectivity index (χ0n) is 26.9. The van der Waals surface area contributed by atoms with Crippen LogP contribution in [0.15, 0.2) is 179 Å². The van der Waals surface area contributed by atoms with Crippen LogP contribution in [0.25, 0.3) is 82.1 Å². The number of hydrogen-bond donors (Lipinski definition) is 0. The van der Waals surface area contributed by atoms with Crippen LogP contribution in [0.3, 0.4) is 0 Å². The van der Waals surface area contributed by atoms with Crippen LogP contribution in [0, 0.1) is 0 Å². The predicted molar refractivity (Wildman–Crippen MR) is 208 cm³/mol. The third-order valence-corrected chi connectivity index (χ3v) is 10.1. The fourth-order valence-electron chi connectivity index (χ4n) is 7.85. The van der Waals surface area contributed by atoms with Crippen LogP contribution >= 0.6 is 0 Å². The van der Waals surface area contributed by atoms with Gasteiger partial charge in [-0.1, -0.05) is 72.8 Å². The van der Waals surface area contributed by atoms with Gasteiger partial charge in [-0.3, -0.25) is 0 Å². The van der Waals surface area contributed by atoms with Crippen molar-refractivity contribution in [1.29, 1.82) is 0 Å². The van der Waals surface area contributed by atoms with Crippen molar-refractivity contribution in [2.45, 2.75) is 0 Å². The van der Waals surface area contributed by atoms with E-state index < -0.39 is 0 Å². The molecular weight excluding hydrogens is 613 g/mol. The lowest BCUT2D eigenvalue weighted by Crippen LogP contribution is -2.09. The van der Waals surface area contributed by atoms with Gasteiger partial charge in [0.1, 0.15) is 22.3 Å². The maximum absolute atomic E-state index is 6.63. The molecule has 0 unspecified atom stereocenters. The monoisotopic (exact) mass is 640 g/mol. The summed E-state index contributed by atoms with van der Waals surface area (Å²) in [6, 6.07) is 60.1. The van der Waals surface area contributed by atoms with Crippen LogP contribution in [-0.2, 0) is 0 Å². The number of aromatic nitrogens is 1. The zero-order chi connectivity index (χ0) is 32.8. The normalized spacial score (nSPS) is 12.0. The van der Waals surface area contributed by atoms with E-state index in [2.05, 4.69) is 167 Å². The summed E-state index contributed by atoms with van der Waals surface area (Å²) in [6.45, 7) is 0. The molecule has 3 aromatic heterocycles. The Morgan fingerprint density at radius 3 is 1.68 bits per heavy atom. The summed E-state index contributed by atoms with van der Waals surface area (Å²) in [5.74, 6) is 0. The lowest BCUT2D eigenvalue weighted by atomic mass is 10.0. The molecule has 0 amide bonds. The predicted octanol–water partition coefficient (Wildman–Crippen LogP) is 13.2. The highest BCUT2D eigenvalue weighted by Gasteiger charge is 2.19. The summed E-state index contributed by atoms with van der Waals surface area (Å²) in [5, 5.41) is 9.12. The Balaban J connectivity index is 1.09. The van der Waals surface area contributed by atoms with Gasteiger partial charge in [-0.2, -0.15) is 0 Å². The van der Waals surface area contributed by atoms with Crippen molar-refractivity contribution < 1.29 is 8.83 Å². The van der Waals surface area contributed by atoms with Gasteiger partial charge < -0.3 is 18.3 Å². The Kier molecular flexibility index (Phi) is 5.63. The van der Waals surface area contributed by atoms with Gasteiger partial charge in [0, 0.05) is 61.1 Å². The third-order valence-electron chi connectivity index (χ3n) is 10.1. The van der Waals surface area contributed by atoms with Crippen LogP contribution in [-0.4, -0.2) is 4.57 Å². The van der Waals surface area contributed by atoms with Gasteiger partial charge in [0.15, 0.2) is 0 Å². The largest absolute Gasteiger partial charge is 0.456 e. The molecule has 0 spiro atoms. The maximum atomic E-state index is 6.63. The molecule has 234 valence electrons. The summed E-state index contributed by atoms with van der Waals surface area (Å²) < 4.78 is 15.2. The molecule has 0 aliphatic carbocycles. The van der Waals surface area contributed by atoms with Crippen molar-refractivity contribution in [3.05, 3.63) is 170 Å². The first-order chi connectivity index (χ1) is 24.8. The first-order valence-corrected chi connectivity index (χ1v) is 16.9. The van der Waals surface area contributed by atoms with Crippen molar-refractivity contribution in [3.63, 3.8) is 0 Å². The minimum absolute atomic E-state index is 0.852. The minimum Gasteiger partial charge on any atom is -0.456 e. The lowest BCUT2D eigenvalue weighted by Gasteiger charge is -2.25. The summed E-state index contributed by atoms with van der Waals surface area (Å²) >= 11 is 0. The molecule has 0 saturated heterocycles. The summed E-state index contributed by atoms with van der Waals surface area (Å²) in [5.41, 5.74) is 10.2. The molecule has 0 N–H and O–H groups in total. The van der Waals surface area contributed by atoms with E-state index in [1.807, 2.05) is 12.1 Å². The molecule has 0 saturated carbocycles. The smallest absolute Gasteiger partial charge is 0.137 e. The number of hydrogen-bond acceptors (Lipinski definition) is 3. The molecule has 4 heteroatoms. The summed E-state index contributed by atoms with van der Waals surface area (Å²) in [6.07, 6.45) is 0. The topological polar surface area (TPSA) is 34.5 Å². The molecule has 0 atom stereocenters. The first kappa shape index (κ1) is 27.2. The molecule has 0 radical (unpaired) electrons. The van der Waals surface area contributed by atoms with E-state index in [9.17, 15) is 0 Å². The van der Waals surface area contributed by atoms with Crippen LogP contribution in [0.5, 0.6) is 0 Å². The molecule has 11 aromatic rings. The van der Waals surface area contributed by atoms with Crippen LogP contribution in [0.1, 0.15) is 0 Å². The van der Waals surface area contributed by atoms with E-state index in [0.717, 1.165) is 77.4 Å². The van der Waals surface area contributed by atoms with Crippen molar-refractivity contribution in [2.24, 2.45) is 0 Å². The highest BCUT2D eigenvalue weighted by atomic mass is 16.3.